The maximum atomic E-state index is 9.76. The van der Waals surface area contributed by atoms with E-state index in [9.17, 15) is 5.11 Å². The molecule has 0 saturated carbocycles. The van der Waals surface area contributed by atoms with Crippen LogP contribution < -0.4 is 10.5 Å². The van der Waals surface area contributed by atoms with E-state index in [1.54, 1.807) is 0 Å². The van der Waals surface area contributed by atoms with Crippen LogP contribution in [0.3, 0.4) is 0 Å². The smallest absolute Gasteiger partial charge is 0.169 e. The number of hydrogen-bond donors (Lipinski definition) is 2. The molecule has 3 N–H and O–H groups in total. The lowest BCUT2D eigenvalue weighted by Crippen LogP contribution is -2.35. The van der Waals surface area contributed by atoms with Gasteiger partial charge in [0.1, 0.15) is 29.3 Å². The number of nitrogens with two attached hydrogens (primary N) is 1. The van der Waals surface area contributed by atoms with Crippen molar-refractivity contribution < 1.29 is 9.84 Å². The Hall–Kier alpha value is -4.27. The van der Waals surface area contributed by atoms with Gasteiger partial charge in [-0.25, -0.2) is 14.6 Å². The first kappa shape index (κ1) is 23.1. The molecule has 0 radical (unpaired) electrons. The van der Waals surface area contributed by atoms with E-state index in [0.29, 0.717) is 11.5 Å². The van der Waals surface area contributed by atoms with Gasteiger partial charge >= 0.3 is 0 Å². The quantitative estimate of drug-likeness (QED) is 0.351. The molecule has 0 atom stereocenters. The number of benzene rings is 3. The van der Waals surface area contributed by atoms with Crippen LogP contribution in [0.5, 0.6) is 11.5 Å². The third-order valence-corrected chi connectivity index (χ3v) is 6.74. The molecule has 0 bridgehead atoms. The van der Waals surface area contributed by atoms with Crippen LogP contribution in [0.4, 0.5) is 5.82 Å². The Kier molecular flexibility index (Phi) is 6.26. The van der Waals surface area contributed by atoms with Gasteiger partial charge in [-0.3, -0.25) is 4.90 Å². The number of fused-ring (bicyclic) bond motifs is 1. The average molecular weight is 493 g/mol. The fourth-order valence-electron chi connectivity index (χ4n) is 4.74. The fraction of sp³-hybridized carbons (Fsp3) is 0.207. The van der Waals surface area contributed by atoms with Gasteiger partial charge in [0, 0.05) is 25.2 Å². The molecule has 8 heteroatoms. The summed E-state index contributed by atoms with van der Waals surface area (Å²) in [7, 11) is 0. The van der Waals surface area contributed by atoms with Crippen molar-refractivity contribution >= 4 is 16.9 Å². The Morgan fingerprint density at radius 1 is 0.865 bits per heavy atom. The second-order valence-electron chi connectivity index (χ2n) is 9.33. The van der Waals surface area contributed by atoms with E-state index in [-0.39, 0.29) is 6.10 Å². The summed E-state index contributed by atoms with van der Waals surface area (Å²) in [4.78, 5) is 11.1. The summed E-state index contributed by atoms with van der Waals surface area (Å²) in [5.41, 5.74) is 10.7. The molecule has 3 aromatic carbocycles. The molecule has 2 aromatic heterocycles. The monoisotopic (exact) mass is 492 g/mol. The summed E-state index contributed by atoms with van der Waals surface area (Å²) in [6, 6.07) is 25.8. The first-order valence-electron chi connectivity index (χ1n) is 12.5. The summed E-state index contributed by atoms with van der Waals surface area (Å²) >= 11 is 0. The number of rotatable bonds is 6. The first-order valence-corrected chi connectivity index (χ1v) is 12.5. The molecule has 37 heavy (non-hydrogen) atoms. The molecule has 0 amide bonds. The normalized spacial score (nSPS) is 14.7. The van der Waals surface area contributed by atoms with Gasteiger partial charge in [-0.05, 0) is 66.9 Å². The van der Waals surface area contributed by atoms with Crippen LogP contribution in [0.2, 0.25) is 0 Å². The van der Waals surface area contributed by atoms with Gasteiger partial charge in [0.2, 0.25) is 0 Å². The van der Waals surface area contributed by atoms with Gasteiger partial charge < -0.3 is 15.6 Å². The molecular weight excluding hydrogens is 464 g/mol. The summed E-state index contributed by atoms with van der Waals surface area (Å²) in [5, 5.41) is 15.4. The summed E-state index contributed by atoms with van der Waals surface area (Å²) in [6.45, 7) is 2.70. The lowest BCUT2D eigenvalue weighted by atomic mass is 10.1. The number of piperidine rings is 1. The highest BCUT2D eigenvalue weighted by molar-refractivity contribution is 5.98. The van der Waals surface area contributed by atoms with Crippen LogP contribution in [0, 0.1) is 0 Å². The lowest BCUT2D eigenvalue weighted by molar-refractivity contribution is 0.0792. The highest BCUT2D eigenvalue weighted by atomic mass is 16.5. The minimum absolute atomic E-state index is 0.164. The zero-order valence-electron chi connectivity index (χ0n) is 20.4. The molecule has 1 aliphatic rings. The zero-order chi connectivity index (χ0) is 25.2. The molecule has 186 valence electrons. The summed E-state index contributed by atoms with van der Waals surface area (Å²) < 4.78 is 7.75. The molecule has 0 unspecified atom stereocenters. The third-order valence-electron chi connectivity index (χ3n) is 6.74. The molecule has 6 rings (SSSR count). The summed E-state index contributed by atoms with van der Waals surface area (Å²) in [5.74, 6) is 1.91. The zero-order valence-corrected chi connectivity index (χ0v) is 20.4. The Bertz CT molecular complexity index is 1490. The van der Waals surface area contributed by atoms with Crippen LogP contribution >= 0.6 is 0 Å². The van der Waals surface area contributed by atoms with E-state index in [4.69, 9.17) is 15.6 Å². The second kappa shape index (κ2) is 10.0. The van der Waals surface area contributed by atoms with Gasteiger partial charge in [0.15, 0.2) is 5.65 Å². The molecule has 1 fully saturated rings. The van der Waals surface area contributed by atoms with Gasteiger partial charge in [0.05, 0.1) is 17.2 Å². The number of aliphatic hydroxyl groups excluding tert-OH is 1. The number of hydrogen-bond acceptors (Lipinski definition) is 7. The molecular formula is C29H28N6O2. The van der Waals surface area contributed by atoms with Crippen LogP contribution in [0.25, 0.3) is 28.0 Å². The minimum atomic E-state index is -0.164. The molecule has 1 saturated heterocycles. The number of nitrogen functional groups attached to an aromatic ring is 1. The number of ether oxygens (including phenoxy) is 1. The Labute approximate surface area is 215 Å². The average Bonchev–Trinajstić information content (AvgIpc) is 3.32. The maximum absolute atomic E-state index is 9.76. The molecule has 5 aromatic rings. The predicted octanol–water partition coefficient (Wildman–Crippen LogP) is 4.81. The number of nitrogens with zero attached hydrogens (tertiary/aromatic N) is 5. The molecule has 0 aliphatic carbocycles. The van der Waals surface area contributed by atoms with Crippen LogP contribution in [-0.2, 0) is 6.54 Å². The van der Waals surface area contributed by atoms with E-state index < -0.39 is 0 Å². The number of para-hydroxylation sites is 1. The van der Waals surface area contributed by atoms with Crippen LogP contribution in [0.1, 0.15) is 18.4 Å². The van der Waals surface area contributed by atoms with Crippen LogP contribution in [0.15, 0.2) is 85.2 Å². The van der Waals surface area contributed by atoms with Crippen molar-refractivity contribution in [1.82, 2.24) is 24.6 Å². The van der Waals surface area contributed by atoms with Gasteiger partial charge in [-0.1, -0.05) is 30.3 Å². The van der Waals surface area contributed by atoms with E-state index in [1.807, 2.05) is 59.3 Å². The summed E-state index contributed by atoms with van der Waals surface area (Å²) in [6.07, 6.45) is 2.97. The fourth-order valence-corrected chi connectivity index (χ4v) is 4.74. The standard InChI is InChI=1S/C29H28N6O2/c30-28-26-27(21-8-12-25(13-9-21)37-24-4-2-1-3-5-24)33-35(29(26)32-19-31-28)22-10-6-20(7-11-22)18-34-16-14-23(36)15-17-34/h1-13,19,23,36H,14-18H2,(H2,30,31,32). The Morgan fingerprint density at radius 3 is 2.30 bits per heavy atom. The van der Waals surface area contributed by atoms with Crippen molar-refractivity contribution in [3.05, 3.63) is 90.8 Å². The number of anilines is 1. The third kappa shape index (κ3) is 4.89. The van der Waals surface area contributed by atoms with Gasteiger partial charge in [-0.15, -0.1) is 0 Å². The Balaban J connectivity index is 1.29. The maximum Gasteiger partial charge on any atom is 0.169 e. The second-order valence-corrected chi connectivity index (χ2v) is 9.33. The minimum Gasteiger partial charge on any atom is -0.457 e. The van der Waals surface area contributed by atoms with Crippen molar-refractivity contribution in [2.45, 2.75) is 25.5 Å². The van der Waals surface area contributed by atoms with E-state index in [0.717, 1.165) is 66.3 Å². The van der Waals surface area contributed by atoms with Crippen LogP contribution in [-0.4, -0.2) is 48.9 Å². The van der Waals surface area contributed by atoms with E-state index in [1.165, 1.54) is 11.9 Å². The Morgan fingerprint density at radius 2 is 1.57 bits per heavy atom. The molecule has 1 aliphatic heterocycles. The van der Waals surface area contributed by atoms with Gasteiger partial charge in [-0.2, -0.15) is 5.10 Å². The highest BCUT2D eigenvalue weighted by Crippen LogP contribution is 2.33. The molecule has 8 nitrogen and oxygen atoms in total. The van der Waals surface area contributed by atoms with Gasteiger partial charge in [0.25, 0.3) is 0 Å². The van der Waals surface area contributed by atoms with Crippen molar-refractivity contribution in [3.63, 3.8) is 0 Å². The van der Waals surface area contributed by atoms with E-state index in [2.05, 4.69) is 39.1 Å². The lowest BCUT2D eigenvalue weighted by Gasteiger charge is -2.29. The largest absolute Gasteiger partial charge is 0.457 e. The molecule has 0 spiro atoms. The topological polar surface area (TPSA) is 102 Å². The van der Waals surface area contributed by atoms with Crippen molar-refractivity contribution in [3.8, 4) is 28.4 Å². The number of aliphatic hydroxyl groups is 1. The van der Waals surface area contributed by atoms with Crippen molar-refractivity contribution in [2.75, 3.05) is 18.8 Å². The van der Waals surface area contributed by atoms with E-state index >= 15 is 0 Å². The number of aromatic nitrogens is 4. The highest BCUT2D eigenvalue weighted by Gasteiger charge is 2.19. The number of likely N-dealkylation sites (tertiary alicyclic amines) is 1. The van der Waals surface area contributed by atoms with Crippen molar-refractivity contribution in [1.29, 1.82) is 0 Å². The SMILES string of the molecule is Nc1ncnc2c1c(-c1ccc(Oc3ccccc3)cc1)nn2-c1ccc(CN2CCC(O)CC2)cc1. The van der Waals surface area contributed by atoms with Crippen molar-refractivity contribution in [2.24, 2.45) is 0 Å². The first-order chi connectivity index (χ1) is 18.1. The predicted molar refractivity (Wildman–Crippen MR) is 144 cm³/mol. The molecule has 3 heterocycles.